The molecular formula is C15H15ClN2O2. The first kappa shape index (κ1) is 13.2. The molecule has 2 atom stereocenters. The first-order valence-corrected chi connectivity index (χ1v) is 6.95. The first-order valence-electron chi connectivity index (χ1n) is 6.57. The topological polar surface area (TPSA) is 55.1 Å². The van der Waals surface area contributed by atoms with E-state index in [0.29, 0.717) is 17.9 Å². The number of aliphatic carboxylic acids is 1. The van der Waals surface area contributed by atoms with E-state index in [4.69, 9.17) is 11.6 Å². The summed E-state index contributed by atoms with van der Waals surface area (Å²) in [6.07, 6.45) is 5.25. The fourth-order valence-corrected chi connectivity index (χ4v) is 3.06. The van der Waals surface area contributed by atoms with Gasteiger partial charge in [0, 0.05) is 18.0 Å². The summed E-state index contributed by atoms with van der Waals surface area (Å²) in [6.45, 7) is 0. The lowest BCUT2D eigenvalue weighted by Crippen LogP contribution is -2.25. The van der Waals surface area contributed by atoms with Crippen LogP contribution in [0.1, 0.15) is 24.6 Å². The molecule has 2 aromatic rings. The summed E-state index contributed by atoms with van der Waals surface area (Å²) < 4.78 is 1.98. The number of aryl methyl sites for hydroxylation is 1. The van der Waals surface area contributed by atoms with Gasteiger partial charge >= 0.3 is 5.97 Å². The molecule has 20 heavy (non-hydrogen) atoms. The van der Waals surface area contributed by atoms with Crippen LogP contribution in [0.25, 0.3) is 11.0 Å². The minimum Gasteiger partial charge on any atom is -0.481 e. The third-order valence-corrected chi connectivity index (χ3v) is 4.19. The Hall–Kier alpha value is -1.81. The molecule has 4 nitrogen and oxygen atoms in total. The van der Waals surface area contributed by atoms with Crippen molar-refractivity contribution in [1.82, 2.24) is 9.55 Å². The van der Waals surface area contributed by atoms with Crippen LogP contribution in [0.3, 0.4) is 0 Å². The van der Waals surface area contributed by atoms with Crippen LogP contribution in [-0.4, -0.2) is 20.6 Å². The van der Waals surface area contributed by atoms with Gasteiger partial charge in [-0.1, -0.05) is 23.8 Å². The summed E-state index contributed by atoms with van der Waals surface area (Å²) in [5.74, 6) is -0.442. The molecule has 0 fully saturated rings. The van der Waals surface area contributed by atoms with Crippen molar-refractivity contribution in [3.8, 4) is 0 Å². The molecular weight excluding hydrogens is 276 g/mol. The van der Waals surface area contributed by atoms with Crippen LogP contribution in [0, 0.1) is 5.92 Å². The van der Waals surface area contributed by atoms with Crippen LogP contribution in [0.2, 0.25) is 5.02 Å². The van der Waals surface area contributed by atoms with Crippen molar-refractivity contribution >= 4 is 28.6 Å². The smallest absolute Gasteiger partial charge is 0.307 e. The van der Waals surface area contributed by atoms with E-state index in [-0.39, 0.29) is 5.92 Å². The maximum absolute atomic E-state index is 11.4. The minimum absolute atomic E-state index is 0.0892. The highest BCUT2D eigenvalue weighted by atomic mass is 35.5. The Morgan fingerprint density at radius 1 is 1.40 bits per heavy atom. The number of hydrogen-bond acceptors (Lipinski definition) is 2. The number of halogens is 1. The highest BCUT2D eigenvalue weighted by Gasteiger charge is 2.33. The third-order valence-electron chi connectivity index (χ3n) is 3.96. The Kier molecular flexibility index (Phi) is 3.26. The van der Waals surface area contributed by atoms with Gasteiger partial charge in [-0.15, -0.1) is 0 Å². The molecule has 1 heterocycles. The largest absolute Gasteiger partial charge is 0.481 e. The summed E-state index contributed by atoms with van der Waals surface area (Å²) in [4.78, 5) is 16.0. The molecule has 0 amide bonds. The maximum atomic E-state index is 11.4. The number of allylic oxidation sites excluding steroid dienone is 2. The van der Waals surface area contributed by atoms with E-state index in [1.165, 1.54) is 0 Å². The van der Waals surface area contributed by atoms with Gasteiger partial charge in [0.05, 0.1) is 17.0 Å². The van der Waals surface area contributed by atoms with E-state index < -0.39 is 11.9 Å². The minimum atomic E-state index is -0.760. The monoisotopic (exact) mass is 290 g/mol. The molecule has 3 rings (SSSR count). The molecule has 1 N–H and O–H groups in total. The summed E-state index contributed by atoms with van der Waals surface area (Å²) in [6, 6.07) is 5.56. The van der Waals surface area contributed by atoms with Crippen molar-refractivity contribution in [2.24, 2.45) is 13.0 Å². The number of rotatable bonds is 2. The normalized spacial score (nSPS) is 22.3. The lowest BCUT2D eigenvalue weighted by molar-refractivity contribution is -0.142. The molecule has 0 aliphatic heterocycles. The Morgan fingerprint density at radius 3 is 2.90 bits per heavy atom. The Bertz CT molecular complexity index is 705. The average Bonchev–Trinajstić information content (AvgIpc) is 2.75. The second kappa shape index (κ2) is 4.94. The zero-order valence-electron chi connectivity index (χ0n) is 11.1. The van der Waals surface area contributed by atoms with Crippen molar-refractivity contribution in [3.63, 3.8) is 0 Å². The summed E-state index contributed by atoms with van der Waals surface area (Å²) in [5, 5.41) is 10.0. The Morgan fingerprint density at radius 2 is 2.15 bits per heavy atom. The van der Waals surface area contributed by atoms with E-state index >= 15 is 0 Å². The zero-order chi connectivity index (χ0) is 14.3. The van der Waals surface area contributed by atoms with Gasteiger partial charge in [0.15, 0.2) is 0 Å². The third kappa shape index (κ3) is 2.10. The molecule has 0 radical (unpaired) electrons. The fraction of sp³-hybridized carbons (Fsp3) is 0.333. The molecule has 2 unspecified atom stereocenters. The molecule has 5 heteroatoms. The number of fused-ring (bicyclic) bond motifs is 1. The van der Waals surface area contributed by atoms with Crippen LogP contribution >= 0.6 is 11.6 Å². The molecule has 0 spiro atoms. The molecule has 104 valence electrons. The second-order valence-electron chi connectivity index (χ2n) is 5.16. The quantitative estimate of drug-likeness (QED) is 0.863. The molecule has 1 aromatic heterocycles. The standard InChI is InChI=1S/C15H15ClN2O2/c1-18-13-7-6-9(16)8-12(13)17-14(18)10-4-2-3-5-11(10)15(19)20/h2-3,6-8,10-11H,4-5H2,1H3,(H,19,20). The lowest BCUT2D eigenvalue weighted by Gasteiger charge is -2.24. The van der Waals surface area contributed by atoms with Gasteiger partial charge in [-0.3, -0.25) is 4.79 Å². The van der Waals surface area contributed by atoms with Crippen molar-refractivity contribution in [2.75, 3.05) is 0 Å². The van der Waals surface area contributed by atoms with Gasteiger partial charge in [-0.05, 0) is 31.0 Å². The van der Waals surface area contributed by atoms with Gasteiger partial charge in [0.25, 0.3) is 0 Å². The number of carboxylic acid groups (broad SMARTS) is 1. The Balaban J connectivity index is 2.11. The van der Waals surface area contributed by atoms with E-state index in [1.807, 2.05) is 42.0 Å². The predicted octanol–water partition coefficient (Wildman–Crippen LogP) is 3.36. The van der Waals surface area contributed by atoms with Gasteiger partial charge in [0.1, 0.15) is 5.82 Å². The molecule has 1 aromatic carbocycles. The van der Waals surface area contributed by atoms with Gasteiger partial charge < -0.3 is 9.67 Å². The number of benzene rings is 1. The molecule has 1 aliphatic carbocycles. The molecule has 0 saturated carbocycles. The maximum Gasteiger partial charge on any atom is 0.307 e. The van der Waals surface area contributed by atoms with E-state index in [2.05, 4.69) is 4.98 Å². The zero-order valence-corrected chi connectivity index (χ0v) is 11.8. The molecule has 0 bridgehead atoms. The van der Waals surface area contributed by atoms with Crippen LogP contribution < -0.4 is 0 Å². The van der Waals surface area contributed by atoms with E-state index in [1.54, 1.807) is 0 Å². The first-order chi connectivity index (χ1) is 9.58. The van der Waals surface area contributed by atoms with Crippen LogP contribution in [0.4, 0.5) is 0 Å². The van der Waals surface area contributed by atoms with Crippen LogP contribution in [0.5, 0.6) is 0 Å². The fourth-order valence-electron chi connectivity index (χ4n) is 2.90. The van der Waals surface area contributed by atoms with Crippen LogP contribution in [-0.2, 0) is 11.8 Å². The molecule has 0 saturated heterocycles. The van der Waals surface area contributed by atoms with E-state index in [0.717, 1.165) is 16.9 Å². The number of hydrogen-bond donors (Lipinski definition) is 1. The SMILES string of the molecule is Cn1c(C2CC=CCC2C(=O)O)nc2cc(Cl)ccc21. The summed E-state index contributed by atoms with van der Waals surface area (Å²) >= 11 is 5.99. The van der Waals surface area contributed by atoms with Crippen molar-refractivity contribution in [3.05, 3.63) is 41.2 Å². The highest BCUT2D eigenvalue weighted by molar-refractivity contribution is 6.31. The number of nitrogens with zero attached hydrogens (tertiary/aromatic N) is 2. The predicted molar refractivity (Wildman–Crippen MR) is 78.0 cm³/mol. The second-order valence-corrected chi connectivity index (χ2v) is 5.59. The Labute approximate surface area is 121 Å². The van der Waals surface area contributed by atoms with Gasteiger partial charge in [0.2, 0.25) is 0 Å². The number of carboxylic acids is 1. The lowest BCUT2D eigenvalue weighted by atomic mass is 9.82. The number of aromatic nitrogens is 2. The van der Waals surface area contributed by atoms with Crippen molar-refractivity contribution in [2.45, 2.75) is 18.8 Å². The summed E-state index contributed by atoms with van der Waals surface area (Å²) in [7, 11) is 1.93. The number of carbonyl (C=O) groups is 1. The van der Waals surface area contributed by atoms with Crippen molar-refractivity contribution < 1.29 is 9.90 Å². The summed E-state index contributed by atoms with van der Waals surface area (Å²) in [5.41, 5.74) is 1.79. The highest BCUT2D eigenvalue weighted by Crippen LogP contribution is 2.35. The van der Waals surface area contributed by atoms with Crippen molar-refractivity contribution in [1.29, 1.82) is 0 Å². The average molecular weight is 291 g/mol. The van der Waals surface area contributed by atoms with Crippen LogP contribution in [0.15, 0.2) is 30.4 Å². The van der Waals surface area contributed by atoms with Gasteiger partial charge in [-0.25, -0.2) is 4.98 Å². The number of imidazole rings is 1. The van der Waals surface area contributed by atoms with Gasteiger partial charge in [-0.2, -0.15) is 0 Å². The molecule has 1 aliphatic rings. The van der Waals surface area contributed by atoms with E-state index in [9.17, 15) is 9.90 Å².